The number of amides is 1. The molecule has 0 spiro atoms. The molecule has 1 aromatic carbocycles. The van der Waals surface area contributed by atoms with Gasteiger partial charge < -0.3 is 15.5 Å². The molecule has 0 unspecified atom stereocenters. The van der Waals surface area contributed by atoms with Crippen LogP contribution in [0.4, 0.5) is 5.82 Å². The first-order valence-electron chi connectivity index (χ1n) is 6.17. The van der Waals surface area contributed by atoms with Crippen LogP contribution in [0.5, 0.6) is 0 Å². The molecule has 106 valence electrons. The second-order valence-electron chi connectivity index (χ2n) is 4.49. The minimum Gasteiger partial charge on any atom is -0.463 e. The number of para-hydroxylation sites is 1. The van der Waals surface area contributed by atoms with Crippen molar-refractivity contribution in [2.75, 3.05) is 5.32 Å². The number of rotatable bonds is 3. The molecule has 1 amide bonds. The van der Waals surface area contributed by atoms with E-state index in [1.807, 2.05) is 18.2 Å². The van der Waals surface area contributed by atoms with E-state index in [-0.39, 0.29) is 10.9 Å². The zero-order valence-corrected chi connectivity index (χ0v) is 12.0. The number of fused-ring (bicyclic) bond motifs is 1. The van der Waals surface area contributed by atoms with Crippen LogP contribution in [-0.4, -0.2) is 20.7 Å². The van der Waals surface area contributed by atoms with Crippen molar-refractivity contribution in [1.82, 2.24) is 9.78 Å². The SMILES string of the molecule is Cn1ncc(C(N)=S)c1NC(=O)c1coc2ccccc12. The molecule has 21 heavy (non-hydrogen) atoms. The van der Waals surface area contributed by atoms with Crippen molar-refractivity contribution in [3.8, 4) is 0 Å². The zero-order chi connectivity index (χ0) is 15.0. The van der Waals surface area contributed by atoms with Gasteiger partial charge in [0, 0.05) is 12.4 Å². The lowest BCUT2D eigenvalue weighted by Gasteiger charge is -2.06. The number of anilines is 1. The van der Waals surface area contributed by atoms with Gasteiger partial charge in [-0.3, -0.25) is 9.48 Å². The maximum Gasteiger partial charge on any atom is 0.260 e. The number of nitrogens with two attached hydrogens (primary N) is 1. The first-order chi connectivity index (χ1) is 10.1. The third kappa shape index (κ3) is 2.27. The topological polar surface area (TPSA) is 86.1 Å². The van der Waals surface area contributed by atoms with Crippen LogP contribution in [0.15, 0.2) is 41.1 Å². The summed E-state index contributed by atoms with van der Waals surface area (Å²) >= 11 is 4.95. The molecule has 0 aliphatic heterocycles. The first-order valence-corrected chi connectivity index (χ1v) is 6.58. The molecule has 0 radical (unpaired) electrons. The molecule has 0 saturated heterocycles. The summed E-state index contributed by atoms with van der Waals surface area (Å²) in [6.07, 6.45) is 2.95. The molecule has 0 saturated carbocycles. The largest absolute Gasteiger partial charge is 0.463 e. The Kier molecular flexibility index (Phi) is 3.19. The van der Waals surface area contributed by atoms with Crippen molar-refractivity contribution >= 4 is 39.9 Å². The Balaban J connectivity index is 1.97. The quantitative estimate of drug-likeness (QED) is 0.723. The van der Waals surface area contributed by atoms with Gasteiger partial charge in [0.15, 0.2) is 0 Å². The second kappa shape index (κ2) is 5.02. The van der Waals surface area contributed by atoms with Crippen molar-refractivity contribution in [2.45, 2.75) is 0 Å². The molecule has 0 aliphatic carbocycles. The Morgan fingerprint density at radius 3 is 2.90 bits per heavy atom. The van der Waals surface area contributed by atoms with Crippen molar-refractivity contribution in [3.05, 3.63) is 47.9 Å². The molecule has 7 heteroatoms. The molecular formula is C14H12N4O2S. The molecular weight excluding hydrogens is 288 g/mol. The van der Waals surface area contributed by atoms with E-state index in [0.717, 1.165) is 5.39 Å². The Labute approximate surface area is 125 Å². The molecule has 2 heterocycles. The number of carbonyl (C=O) groups excluding carboxylic acids is 1. The predicted molar refractivity (Wildman–Crippen MR) is 83.3 cm³/mol. The number of nitrogens with one attached hydrogen (secondary N) is 1. The fourth-order valence-electron chi connectivity index (χ4n) is 2.09. The highest BCUT2D eigenvalue weighted by Crippen LogP contribution is 2.22. The number of aryl methyl sites for hydroxylation is 1. The van der Waals surface area contributed by atoms with Crippen molar-refractivity contribution in [1.29, 1.82) is 0 Å². The molecule has 3 aromatic rings. The van der Waals surface area contributed by atoms with E-state index >= 15 is 0 Å². The summed E-state index contributed by atoms with van der Waals surface area (Å²) < 4.78 is 6.87. The molecule has 0 fully saturated rings. The van der Waals surface area contributed by atoms with Gasteiger partial charge in [0.2, 0.25) is 0 Å². The summed E-state index contributed by atoms with van der Waals surface area (Å²) in [4.78, 5) is 12.6. The standard InChI is InChI=1S/C14H12N4O2S/c1-18-13(9(6-16-18)12(15)21)17-14(19)10-7-20-11-5-3-2-4-8(10)11/h2-7H,1H3,(H2,15,21)(H,17,19). The maximum atomic E-state index is 12.4. The van der Waals surface area contributed by atoms with Gasteiger partial charge in [-0.1, -0.05) is 30.4 Å². The van der Waals surface area contributed by atoms with Crippen LogP contribution in [0.1, 0.15) is 15.9 Å². The number of hydrogen-bond acceptors (Lipinski definition) is 4. The van der Waals surface area contributed by atoms with E-state index in [1.54, 1.807) is 13.1 Å². The van der Waals surface area contributed by atoms with Gasteiger partial charge >= 0.3 is 0 Å². The van der Waals surface area contributed by atoms with Crippen LogP contribution in [0.2, 0.25) is 0 Å². The average Bonchev–Trinajstić information content (AvgIpc) is 3.03. The summed E-state index contributed by atoms with van der Waals surface area (Å²) in [6.45, 7) is 0. The van der Waals surface area contributed by atoms with Crippen molar-refractivity contribution < 1.29 is 9.21 Å². The summed E-state index contributed by atoms with van der Waals surface area (Å²) in [6, 6.07) is 7.32. The van der Waals surface area contributed by atoms with Gasteiger partial charge in [-0.2, -0.15) is 5.10 Å². The van der Waals surface area contributed by atoms with Crippen LogP contribution in [0.3, 0.4) is 0 Å². The Bertz CT molecular complexity index is 850. The molecule has 0 bridgehead atoms. The van der Waals surface area contributed by atoms with Gasteiger partial charge in [0.25, 0.3) is 5.91 Å². The number of carbonyl (C=O) groups is 1. The third-order valence-electron chi connectivity index (χ3n) is 3.16. The minimum absolute atomic E-state index is 0.176. The van der Waals surface area contributed by atoms with Gasteiger partial charge in [0.1, 0.15) is 22.7 Å². The Morgan fingerprint density at radius 2 is 2.14 bits per heavy atom. The number of thiocarbonyl (C=S) groups is 1. The number of benzene rings is 1. The lowest BCUT2D eigenvalue weighted by Crippen LogP contribution is -2.18. The lowest BCUT2D eigenvalue weighted by atomic mass is 10.1. The van der Waals surface area contributed by atoms with E-state index in [0.29, 0.717) is 22.5 Å². The fraction of sp³-hybridized carbons (Fsp3) is 0.0714. The lowest BCUT2D eigenvalue weighted by molar-refractivity contribution is 0.102. The molecule has 2 aromatic heterocycles. The maximum absolute atomic E-state index is 12.4. The van der Waals surface area contributed by atoms with Gasteiger partial charge in [-0.15, -0.1) is 0 Å². The van der Waals surface area contributed by atoms with Crippen LogP contribution < -0.4 is 11.1 Å². The molecule has 6 nitrogen and oxygen atoms in total. The molecule has 0 aliphatic rings. The summed E-state index contributed by atoms with van der Waals surface area (Å²) in [5.41, 5.74) is 7.24. The van der Waals surface area contributed by atoms with Gasteiger partial charge in [-0.25, -0.2) is 0 Å². The second-order valence-corrected chi connectivity index (χ2v) is 4.93. The Morgan fingerprint density at radius 1 is 1.38 bits per heavy atom. The van der Waals surface area contributed by atoms with E-state index in [2.05, 4.69) is 10.4 Å². The predicted octanol–water partition coefficient (Wildman–Crippen LogP) is 2.05. The van der Waals surface area contributed by atoms with E-state index in [9.17, 15) is 4.79 Å². The summed E-state index contributed by atoms with van der Waals surface area (Å²) in [5, 5.41) is 7.56. The fourth-order valence-corrected chi connectivity index (χ4v) is 2.24. The van der Waals surface area contributed by atoms with E-state index in [4.69, 9.17) is 22.4 Å². The van der Waals surface area contributed by atoms with Crippen molar-refractivity contribution in [2.24, 2.45) is 12.8 Å². The molecule has 3 N–H and O–H groups in total. The highest BCUT2D eigenvalue weighted by Gasteiger charge is 2.18. The van der Waals surface area contributed by atoms with Gasteiger partial charge in [-0.05, 0) is 6.07 Å². The summed E-state index contributed by atoms with van der Waals surface area (Å²) in [7, 11) is 1.70. The van der Waals surface area contributed by atoms with Crippen LogP contribution in [-0.2, 0) is 7.05 Å². The molecule has 3 rings (SSSR count). The van der Waals surface area contributed by atoms with Gasteiger partial charge in [0.05, 0.1) is 17.3 Å². The summed E-state index contributed by atoms with van der Waals surface area (Å²) in [5.74, 6) is 0.152. The zero-order valence-electron chi connectivity index (χ0n) is 11.2. The van der Waals surface area contributed by atoms with E-state index < -0.39 is 0 Å². The Hall–Kier alpha value is -2.67. The normalized spacial score (nSPS) is 10.7. The van der Waals surface area contributed by atoms with E-state index in [1.165, 1.54) is 17.1 Å². The minimum atomic E-state index is -0.305. The number of aromatic nitrogens is 2. The third-order valence-corrected chi connectivity index (χ3v) is 3.38. The van der Waals surface area contributed by atoms with Crippen LogP contribution >= 0.6 is 12.2 Å². The average molecular weight is 300 g/mol. The number of nitrogens with zero attached hydrogens (tertiary/aromatic N) is 2. The smallest absolute Gasteiger partial charge is 0.260 e. The van der Waals surface area contributed by atoms with Crippen molar-refractivity contribution in [3.63, 3.8) is 0 Å². The highest BCUT2D eigenvalue weighted by atomic mass is 32.1. The number of hydrogen-bond donors (Lipinski definition) is 2. The van der Waals surface area contributed by atoms with Crippen LogP contribution in [0.25, 0.3) is 11.0 Å². The molecule has 0 atom stereocenters. The number of furan rings is 1. The first kappa shape index (κ1) is 13.3. The monoisotopic (exact) mass is 300 g/mol. The highest BCUT2D eigenvalue weighted by molar-refractivity contribution is 7.80. The van der Waals surface area contributed by atoms with Crippen LogP contribution in [0, 0.1) is 0 Å².